The monoisotopic (exact) mass is 455 g/mol. The summed E-state index contributed by atoms with van der Waals surface area (Å²) >= 11 is 1.59. The number of amides is 1. The molecule has 3 fully saturated rings. The van der Waals surface area contributed by atoms with E-state index in [9.17, 15) is 9.59 Å². The highest BCUT2D eigenvalue weighted by atomic mass is 32.1. The fraction of sp³-hybridized carbons (Fsp3) is 0.538. The molecule has 0 saturated heterocycles. The van der Waals surface area contributed by atoms with Crippen LogP contribution in [0.5, 0.6) is 5.75 Å². The molecule has 5 rings (SSSR count). The highest BCUT2D eigenvalue weighted by Gasteiger charge is 2.57. The topological polar surface area (TPSA) is 75.6 Å². The van der Waals surface area contributed by atoms with Crippen molar-refractivity contribution in [2.24, 2.45) is 23.2 Å². The van der Waals surface area contributed by atoms with Crippen molar-refractivity contribution in [3.63, 3.8) is 0 Å². The summed E-state index contributed by atoms with van der Waals surface area (Å²) in [6, 6.07) is 6.04. The Morgan fingerprint density at radius 3 is 2.81 bits per heavy atom. The fourth-order valence-corrected chi connectivity index (χ4v) is 6.59. The maximum absolute atomic E-state index is 13.4. The molecule has 1 aromatic heterocycles. The van der Waals surface area contributed by atoms with Crippen LogP contribution in [-0.2, 0) is 4.79 Å². The summed E-state index contributed by atoms with van der Waals surface area (Å²) in [7, 11) is 1.64. The average Bonchev–Trinajstić information content (AvgIpc) is 3.19. The van der Waals surface area contributed by atoms with Gasteiger partial charge in [-0.3, -0.25) is 9.59 Å². The first kappa shape index (κ1) is 22.8. The van der Waals surface area contributed by atoms with Gasteiger partial charge in [-0.15, -0.1) is 11.3 Å². The Bertz CT molecular complexity index is 1020. The average molecular weight is 456 g/mol. The molecule has 5 nitrogen and oxygen atoms in total. The molecule has 0 unspecified atom stereocenters. The van der Waals surface area contributed by atoms with Crippen molar-refractivity contribution in [1.29, 1.82) is 0 Å². The second-order valence-electron chi connectivity index (χ2n) is 9.86. The molecule has 3 aliphatic rings. The molecule has 1 aromatic carbocycles. The Hall–Kier alpha value is -2.34. The molecule has 4 atom stereocenters. The van der Waals surface area contributed by atoms with Gasteiger partial charge in [0.25, 0.3) is 5.91 Å². The van der Waals surface area contributed by atoms with E-state index in [0.29, 0.717) is 18.3 Å². The van der Waals surface area contributed by atoms with Crippen LogP contribution in [0.15, 0.2) is 35.7 Å². The van der Waals surface area contributed by atoms with Gasteiger partial charge in [0.1, 0.15) is 5.75 Å². The Kier molecular flexibility index (Phi) is 6.61. The number of fused-ring (bicyclic) bond motifs is 3. The van der Waals surface area contributed by atoms with Crippen LogP contribution in [0.4, 0.5) is 0 Å². The van der Waals surface area contributed by atoms with Crippen LogP contribution in [0.1, 0.15) is 62.7 Å². The van der Waals surface area contributed by atoms with Gasteiger partial charge < -0.3 is 15.2 Å². The van der Waals surface area contributed by atoms with Gasteiger partial charge in [-0.1, -0.05) is 26.0 Å². The van der Waals surface area contributed by atoms with E-state index in [1.165, 1.54) is 6.42 Å². The summed E-state index contributed by atoms with van der Waals surface area (Å²) in [5.41, 5.74) is 0.991. The predicted molar refractivity (Wildman–Crippen MR) is 128 cm³/mol. The molecule has 1 heterocycles. The van der Waals surface area contributed by atoms with Gasteiger partial charge in [-0.25, -0.2) is 0 Å². The van der Waals surface area contributed by atoms with Crippen LogP contribution in [0, 0.1) is 23.2 Å². The van der Waals surface area contributed by atoms with E-state index in [1.54, 1.807) is 18.4 Å². The number of thiophene rings is 1. The Labute approximate surface area is 193 Å². The molecule has 3 saturated carbocycles. The second kappa shape index (κ2) is 9.26. The van der Waals surface area contributed by atoms with Crippen molar-refractivity contribution < 1.29 is 19.4 Å². The van der Waals surface area contributed by atoms with Crippen LogP contribution in [0.25, 0.3) is 10.1 Å². The number of rotatable bonds is 9. The maximum Gasteiger partial charge on any atom is 0.303 e. The molecule has 3 aliphatic carbocycles. The van der Waals surface area contributed by atoms with E-state index in [0.717, 1.165) is 46.6 Å². The van der Waals surface area contributed by atoms with Crippen molar-refractivity contribution in [3.8, 4) is 5.75 Å². The van der Waals surface area contributed by atoms with Gasteiger partial charge >= 0.3 is 5.97 Å². The van der Waals surface area contributed by atoms with E-state index in [4.69, 9.17) is 9.84 Å². The summed E-state index contributed by atoms with van der Waals surface area (Å²) in [6.45, 7) is 4.68. The van der Waals surface area contributed by atoms with Crippen LogP contribution in [0.2, 0.25) is 0 Å². The summed E-state index contributed by atoms with van der Waals surface area (Å²) in [4.78, 5) is 24.0. The molecule has 0 radical (unpaired) electrons. The number of methoxy groups -OCH3 is 1. The number of carboxylic acid groups (broad SMARTS) is 1. The number of hydrogen-bond acceptors (Lipinski definition) is 4. The number of hydrogen-bond donors (Lipinski definition) is 2. The van der Waals surface area contributed by atoms with E-state index in [2.05, 4.69) is 31.3 Å². The number of benzene rings is 1. The molecular weight excluding hydrogens is 422 g/mol. The van der Waals surface area contributed by atoms with Crippen molar-refractivity contribution in [3.05, 3.63) is 41.3 Å². The summed E-state index contributed by atoms with van der Waals surface area (Å²) < 4.78 is 6.45. The maximum atomic E-state index is 13.4. The summed E-state index contributed by atoms with van der Waals surface area (Å²) in [6.07, 6.45) is 9.21. The van der Waals surface area contributed by atoms with E-state index >= 15 is 0 Å². The number of aliphatic carboxylic acids is 1. The first-order chi connectivity index (χ1) is 15.3. The van der Waals surface area contributed by atoms with E-state index in [-0.39, 0.29) is 23.8 Å². The number of allylic oxidation sites excluding steroid dienone is 2. The second-order valence-corrected chi connectivity index (χ2v) is 10.8. The van der Waals surface area contributed by atoms with Gasteiger partial charge in [0, 0.05) is 27.9 Å². The minimum absolute atomic E-state index is 0.00564. The van der Waals surface area contributed by atoms with Gasteiger partial charge in [-0.05, 0) is 73.5 Å². The molecule has 172 valence electrons. The third-order valence-electron chi connectivity index (χ3n) is 7.76. The lowest BCUT2D eigenvalue weighted by Crippen LogP contribution is -2.63. The number of ether oxygens (including phenoxy) is 1. The number of carboxylic acids is 1. The largest absolute Gasteiger partial charge is 0.497 e. The lowest BCUT2D eigenvalue weighted by molar-refractivity contribution is -0.137. The van der Waals surface area contributed by atoms with Crippen LogP contribution in [0.3, 0.4) is 0 Å². The minimum Gasteiger partial charge on any atom is -0.497 e. The number of carbonyl (C=O) groups is 2. The standard InChI is InChI=1S/C26H33NO4S/c1-26(2)17-12-16(8-6-4-5-7-9-23(28)29)24(21(26)13-17)27-25(30)20-15-32-22-11-10-18(31-3)14-19(20)22/h4,6,10-11,14-17,21,24H,5,7-9,12-13H2,1-3H3,(H,27,30)(H,28,29)/b6-4-/t16-,17+,21+,24-/m1/s1. The van der Waals surface area contributed by atoms with Gasteiger partial charge in [0.05, 0.1) is 12.7 Å². The smallest absolute Gasteiger partial charge is 0.303 e. The zero-order chi connectivity index (χ0) is 22.9. The zero-order valence-electron chi connectivity index (χ0n) is 19.1. The van der Waals surface area contributed by atoms with Crippen molar-refractivity contribution in [1.82, 2.24) is 5.32 Å². The summed E-state index contributed by atoms with van der Waals surface area (Å²) in [5.74, 6) is 1.66. The quantitative estimate of drug-likeness (QED) is 0.365. The molecule has 2 N–H and O–H groups in total. The highest BCUT2D eigenvalue weighted by molar-refractivity contribution is 7.17. The van der Waals surface area contributed by atoms with Gasteiger partial charge in [0.2, 0.25) is 0 Å². The zero-order valence-corrected chi connectivity index (χ0v) is 19.9. The van der Waals surface area contributed by atoms with Gasteiger partial charge in [0.15, 0.2) is 0 Å². The van der Waals surface area contributed by atoms with E-state index < -0.39 is 5.97 Å². The Balaban J connectivity index is 1.47. The minimum atomic E-state index is -0.741. The van der Waals surface area contributed by atoms with Crippen molar-refractivity contribution in [2.75, 3.05) is 7.11 Å². The molecule has 2 aromatic rings. The van der Waals surface area contributed by atoms with Crippen molar-refractivity contribution >= 4 is 33.3 Å². The lowest BCUT2D eigenvalue weighted by Gasteiger charge is -2.62. The lowest BCUT2D eigenvalue weighted by atomic mass is 9.44. The Morgan fingerprint density at radius 1 is 1.28 bits per heavy atom. The van der Waals surface area contributed by atoms with Crippen LogP contribution in [-0.4, -0.2) is 30.1 Å². The van der Waals surface area contributed by atoms with Crippen LogP contribution >= 0.6 is 11.3 Å². The first-order valence-corrected chi connectivity index (χ1v) is 12.4. The molecular formula is C26H33NO4S. The number of carbonyl (C=O) groups excluding carboxylic acids is 1. The fourth-order valence-electron chi connectivity index (χ4n) is 5.67. The SMILES string of the molecule is COc1ccc2scc(C(=O)N[C@@H]3[C@H](C/C=C\CCCC(=O)O)C[C@H]4C[C@@H]3C4(C)C)c2c1. The normalized spacial score (nSPS) is 26.1. The predicted octanol–water partition coefficient (Wildman–Crippen LogP) is 5.89. The molecule has 2 bridgehead atoms. The molecule has 0 aliphatic heterocycles. The molecule has 0 spiro atoms. The van der Waals surface area contributed by atoms with Crippen molar-refractivity contribution in [2.45, 2.75) is 58.4 Å². The summed E-state index contributed by atoms with van der Waals surface area (Å²) in [5, 5.41) is 15.1. The number of unbranched alkanes of at least 4 members (excludes halogenated alkanes) is 1. The molecule has 1 amide bonds. The third-order valence-corrected chi connectivity index (χ3v) is 8.73. The first-order valence-electron chi connectivity index (χ1n) is 11.5. The highest BCUT2D eigenvalue weighted by Crippen LogP contribution is 2.61. The molecule has 32 heavy (non-hydrogen) atoms. The van der Waals surface area contributed by atoms with Crippen LogP contribution < -0.4 is 10.1 Å². The van der Waals surface area contributed by atoms with E-state index in [1.807, 2.05) is 23.6 Å². The Morgan fingerprint density at radius 2 is 2.09 bits per heavy atom. The van der Waals surface area contributed by atoms with Gasteiger partial charge in [-0.2, -0.15) is 0 Å². The third kappa shape index (κ3) is 4.42. The molecule has 6 heteroatoms. The number of nitrogens with one attached hydrogen (secondary N) is 1.